The fourth-order valence-electron chi connectivity index (χ4n) is 1.94. The van der Waals surface area contributed by atoms with Crippen molar-refractivity contribution in [2.45, 2.75) is 12.5 Å². The summed E-state index contributed by atoms with van der Waals surface area (Å²) in [6.45, 7) is 0. The molecule has 0 aliphatic carbocycles. The molecular weight excluding hydrogens is 438 g/mol. The fourth-order valence-corrected chi connectivity index (χ4v) is 2.97. The third-order valence-corrected chi connectivity index (χ3v) is 4.36. The number of hydrogen-bond acceptors (Lipinski definition) is 2. The van der Waals surface area contributed by atoms with Gasteiger partial charge in [-0.15, -0.1) is 0 Å². The van der Waals surface area contributed by atoms with E-state index in [1.54, 1.807) is 12.1 Å². The minimum absolute atomic E-state index is 0.207. The van der Waals surface area contributed by atoms with Crippen LogP contribution < -0.4 is 4.74 Å². The van der Waals surface area contributed by atoms with Crippen molar-refractivity contribution in [3.05, 3.63) is 61.4 Å². The van der Waals surface area contributed by atoms with Crippen LogP contribution >= 0.6 is 38.5 Å². The second-order valence-corrected chi connectivity index (χ2v) is 6.45. The zero-order chi connectivity index (χ0) is 14.7. The molecule has 0 heterocycles. The molecule has 2 rings (SSSR count). The van der Waals surface area contributed by atoms with Crippen LogP contribution in [0.25, 0.3) is 0 Å². The summed E-state index contributed by atoms with van der Waals surface area (Å²) in [5, 5.41) is 10.3. The summed E-state index contributed by atoms with van der Waals surface area (Å²) >= 11 is 5.62. The van der Waals surface area contributed by atoms with Crippen LogP contribution in [0.15, 0.2) is 40.9 Å². The normalized spacial score (nSPS) is 12.2. The predicted octanol–water partition coefficient (Wildman–Crippen LogP) is 4.48. The van der Waals surface area contributed by atoms with E-state index in [2.05, 4.69) is 38.5 Å². The molecule has 0 bridgehead atoms. The monoisotopic (exact) mass is 450 g/mol. The average Bonchev–Trinajstić information content (AvgIpc) is 2.41. The maximum Gasteiger partial charge on any atom is 0.165 e. The van der Waals surface area contributed by atoms with Crippen LogP contribution in [-0.2, 0) is 6.42 Å². The predicted molar refractivity (Wildman–Crippen MR) is 88.5 cm³/mol. The Labute approximate surface area is 139 Å². The van der Waals surface area contributed by atoms with Crippen LogP contribution in [0.1, 0.15) is 17.2 Å². The molecule has 0 spiro atoms. The first-order valence-corrected chi connectivity index (χ1v) is 7.84. The smallest absolute Gasteiger partial charge is 0.165 e. The van der Waals surface area contributed by atoms with Crippen LogP contribution in [0.5, 0.6) is 5.75 Å². The molecule has 0 radical (unpaired) electrons. The Hall–Kier alpha value is -0.660. The third kappa shape index (κ3) is 3.71. The highest BCUT2D eigenvalue weighted by Crippen LogP contribution is 2.28. The Morgan fingerprint density at radius 2 is 2.05 bits per heavy atom. The SMILES string of the molecule is COc1ccc(CC(O)c2cc(I)ccc2Br)cc1F. The highest BCUT2D eigenvalue weighted by Gasteiger charge is 2.14. The van der Waals surface area contributed by atoms with E-state index in [1.807, 2.05) is 18.2 Å². The van der Waals surface area contributed by atoms with E-state index >= 15 is 0 Å². The van der Waals surface area contributed by atoms with Crippen molar-refractivity contribution in [1.82, 2.24) is 0 Å². The number of aliphatic hydroxyl groups excluding tert-OH is 1. The van der Waals surface area contributed by atoms with Crippen LogP contribution in [0, 0.1) is 9.39 Å². The number of halogens is 3. The van der Waals surface area contributed by atoms with Crippen molar-refractivity contribution in [1.29, 1.82) is 0 Å². The van der Waals surface area contributed by atoms with Crippen molar-refractivity contribution in [2.24, 2.45) is 0 Å². The van der Waals surface area contributed by atoms with Crippen LogP contribution in [-0.4, -0.2) is 12.2 Å². The average molecular weight is 451 g/mol. The number of rotatable bonds is 4. The highest BCUT2D eigenvalue weighted by molar-refractivity contribution is 14.1. The van der Waals surface area contributed by atoms with E-state index in [1.165, 1.54) is 13.2 Å². The van der Waals surface area contributed by atoms with Gasteiger partial charge in [-0.25, -0.2) is 4.39 Å². The van der Waals surface area contributed by atoms with E-state index in [0.29, 0.717) is 6.42 Å². The maximum absolute atomic E-state index is 13.6. The highest BCUT2D eigenvalue weighted by atomic mass is 127. The van der Waals surface area contributed by atoms with Gasteiger partial charge < -0.3 is 9.84 Å². The van der Waals surface area contributed by atoms with Gasteiger partial charge in [0.2, 0.25) is 0 Å². The first kappa shape index (κ1) is 15.7. The largest absolute Gasteiger partial charge is 0.494 e. The van der Waals surface area contributed by atoms with Crippen molar-refractivity contribution in [3.8, 4) is 5.75 Å². The molecule has 0 aliphatic heterocycles. The van der Waals surface area contributed by atoms with Crippen LogP contribution in [0.4, 0.5) is 4.39 Å². The van der Waals surface area contributed by atoms with Gasteiger partial charge in [-0.1, -0.05) is 22.0 Å². The van der Waals surface area contributed by atoms with E-state index < -0.39 is 11.9 Å². The Bertz CT molecular complexity index is 619. The van der Waals surface area contributed by atoms with Crippen LogP contribution in [0.3, 0.4) is 0 Å². The van der Waals surface area contributed by atoms with Crippen LogP contribution in [0.2, 0.25) is 0 Å². The summed E-state index contributed by atoms with van der Waals surface area (Å²) in [7, 11) is 1.43. The maximum atomic E-state index is 13.6. The van der Waals surface area contributed by atoms with Crippen molar-refractivity contribution in [2.75, 3.05) is 7.11 Å². The topological polar surface area (TPSA) is 29.5 Å². The number of hydrogen-bond donors (Lipinski definition) is 1. The molecule has 2 aromatic carbocycles. The van der Waals surface area contributed by atoms with Gasteiger partial charge in [0.25, 0.3) is 0 Å². The molecule has 1 unspecified atom stereocenters. The molecule has 0 amide bonds. The molecule has 0 aromatic heterocycles. The molecule has 2 aromatic rings. The first-order chi connectivity index (χ1) is 9.51. The fraction of sp³-hybridized carbons (Fsp3) is 0.200. The Morgan fingerprint density at radius 1 is 1.30 bits per heavy atom. The summed E-state index contributed by atoms with van der Waals surface area (Å²) in [6, 6.07) is 10.5. The van der Waals surface area contributed by atoms with Gasteiger partial charge >= 0.3 is 0 Å². The van der Waals surface area contributed by atoms with E-state index in [4.69, 9.17) is 4.74 Å². The quantitative estimate of drug-likeness (QED) is 0.696. The lowest BCUT2D eigenvalue weighted by Gasteiger charge is -2.14. The van der Waals surface area contributed by atoms with Gasteiger partial charge in [-0.2, -0.15) is 0 Å². The molecule has 1 atom stereocenters. The summed E-state index contributed by atoms with van der Waals surface area (Å²) in [5.41, 5.74) is 1.52. The van der Waals surface area contributed by atoms with E-state index in [9.17, 15) is 9.50 Å². The minimum Gasteiger partial charge on any atom is -0.494 e. The van der Waals surface area contributed by atoms with Gasteiger partial charge in [-0.3, -0.25) is 0 Å². The number of aliphatic hydroxyl groups is 1. The lowest BCUT2D eigenvalue weighted by atomic mass is 10.0. The van der Waals surface area contributed by atoms with Gasteiger partial charge in [0.05, 0.1) is 13.2 Å². The summed E-state index contributed by atoms with van der Waals surface area (Å²) in [5.74, 6) is -0.211. The van der Waals surface area contributed by atoms with Gasteiger partial charge in [0.1, 0.15) is 0 Å². The molecule has 0 fully saturated rings. The van der Waals surface area contributed by atoms with Gasteiger partial charge in [0, 0.05) is 14.5 Å². The lowest BCUT2D eigenvalue weighted by molar-refractivity contribution is 0.177. The second kappa shape index (κ2) is 6.87. The molecule has 0 saturated carbocycles. The molecule has 0 saturated heterocycles. The molecule has 1 N–H and O–H groups in total. The number of ether oxygens (including phenoxy) is 1. The summed E-state index contributed by atoms with van der Waals surface area (Å²) in [4.78, 5) is 0. The zero-order valence-electron chi connectivity index (χ0n) is 10.7. The summed E-state index contributed by atoms with van der Waals surface area (Å²) in [6.07, 6.45) is -0.341. The van der Waals surface area contributed by atoms with Gasteiger partial charge in [0.15, 0.2) is 11.6 Å². The Kier molecular flexibility index (Phi) is 5.40. The second-order valence-electron chi connectivity index (χ2n) is 4.35. The standard InChI is InChI=1S/C15H13BrFIO2/c1-20-15-5-2-9(6-13(15)17)7-14(19)11-8-10(18)3-4-12(11)16/h2-6,8,14,19H,7H2,1H3. The number of methoxy groups -OCH3 is 1. The van der Waals surface area contributed by atoms with Gasteiger partial charge in [-0.05, 0) is 64.0 Å². The lowest BCUT2D eigenvalue weighted by Crippen LogP contribution is -2.04. The summed E-state index contributed by atoms with van der Waals surface area (Å²) < 4.78 is 20.4. The third-order valence-electron chi connectivity index (χ3n) is 2.96. The van der Waals surface area contributed by atoms with Crippen molar-refractivity contribution >= 4 is 38.5 Å². The molecule has 2 nitrogen and oxygen atoms in total. The number of benzene rings is 2. The Morgan fingerprint density at radius 3 is 2.70 bits per heavy atom. The minimum atomic E-state index is -0.688. The van der Waals surface area contributed by atoms with Crippen molar-refractivity contribution in [3.63, 3.8) is 0 Å². The van der Waals surface area contributed by atoms with Crippen molar-refractivity contribution < 1.29 is 14.2 Å². The molecule has 106 valence electrons. The van der Waals surface area contributed by atoms with E-state index in [-0.39, 0.29) is 5.75 Å². The first-order valence-electron chi connectivity index (χ1n) is 5.96. The molecule has 5 heteroatoms. The molecule has 0 aliphatic rings. The molecular formula is C15H13BrFIO2. The zero-order valence-corrected chi connectivity index (χ0v) is 14.5. The Balaban J connectivity index is 2.21. The van der Waals surface area contributed by atoms with E-state index in [0.717, 1.165) is 19.2 Å². The molecule has 20 heavy (non-hydrogen) atoms.